The Labute approximate surface area is 205 Å². The van der Waals surface area contributed by atoms with Crippen LogP contribution in [0, 0.1) is 0 Å². The normalized spacial score (nSPS) is 14.2. The first-order valence-electron chi connectivity index (χ1n) is 12.5. The third-order valence-electron chi connectivity index (χ3n) is 6.93. The average molecular weight is 472 g/mol. The highest BCUT2D eigenvalue weighted by Gasteiger charge is 2.19. The van der Waals surface area contributed by atoms with Crippen LogP contribution in [0.3, 0.4) is 0 Å². The number of aromatic nitrogens is 3. The van der Waals surface area contributed by atoms with Gasteiger partial charge in [-0.25, -0.2) is 14.8 Å². The standard InChI is InChI=1S/C28H33N5O2/c1-3-4-7-24-31-25-26(22-13-12-21(28(34)35-2)16-23(22)30-27(25)29)33(24)18-20-10-8-19(9-11-20)17-32-14-5-6-15-32/h8-13,16H,3-7,14-15,17-18H2,1-2H3,(H2,29,30). The van der Waals surface area contributed by atoms with E-state index in [1.165, 1.54) is 44.2 Å². The van der Waals surface area contributed by atoms with E-state index < -0.39 is 5.97 Å². The van der Waals surface area contributed by atoms with Crippen molar-refractivity contribution in [2.75, 3.05) is 25.9 Å². The van der Waals surface area contributed by atoms with E-state index in [0.717, 1.165) is 48.1 Å². The van der Waals surface area contributed by atoms with Gasteiger partial charge in [0, 0.05) is 24.9 Å². The molecule has 7 nitrogen and oxygen atoms in total. The van der Waals surface area contributed by atoms with E-state index in [1.807, 2.05) is 6.07 Å². The lowest BCUT2D eigenvalue weighted by atomic mass is 10.1. The van der Waals surface area contributed by atoms with Gasteiger partial charge in [0.1, 0.15) is 11.3 Å². The van der Waals surface area contributed by atoms with Crippen molar-refractivity contribution in [2.45, 2.75) is 52.1 Å². The molecule has 1 saturated heterocycles. The number of carbonyl (C=O) groups is 1. The molecule has 35 heavy (non-hydrogen) atoms. The maximum atomic E-state index is 12.1. The number of hydrogen-bond donors (Lipinski definition) is 1. The van der Waals surface area contributed by atoms with Gasteiger partial charge in [0.05, 0.1) is 23.7 Å². The van der Waals surface area contributed by atoms with Crippen molar-refractivity contribution in [2.24, 2.45) is 0 Å². The molecule has 7 heteroatoms. The summed E-state index contributed by atoms with van der Waals surface area (Å²) in [5, 5.41) is 0.933. The van der Waals surface area contributed by atoms with Crippen LogP contribution < -0.4 is 5.73 Å². The number of hydrogen-bond acceptors (Lipinski definition) is 6. The molecule has 2 aromatic carbocycles. The van der Waals surface area contributed by atoms with E-state index in [1.54, 1.807) is 12.1 Å². The molecule has 0 saturated carbocycles. The third-order valence-corrected chi connectivity index (χ3v) is 6.93. The van der Waals surface area contributed by atoms with Crippen LogP contribution in [0.5, 0.6) is 0 Å². The number of pyridine rings is 1. The number of imidazole rings is 1. The Balaban J connectivity index is 1.55. The van der Waals surface area contributed by atoms with E-state index >= 15 is 0 Å². The molecule has 0 aliphatic carbocycles. The van der Waals surface area contributed by atoms with Crippen LogP contribution >= 0.6 is 0 Å². The van der Waals surface area contributed by atoms with Crippen LogP contribution in [-0.2, 0) is 24.2 Å². The summed E-state index contributed by atoms with van der Waals surface area (Å²) in [5.41, 5.74) is 11.8. The number of carbonyl (C=O) groups excluding carboxylic acids is 1. The molecule has 3 heterocycles. The largest absolute Gasteiger partial charge is 0.465 e. The van der Waals surface area contributed by atoms with Crippen LogP contribution in [0.1, 0.15) is 59.9 Å². The Hall–Kier alpha value is -3.45. The molecule has 2 N–H and O–H groups in total. The van der Waals surface area contributed by atoms with E-state index in [2.05, 4.69) is 45.6 Å². The van der Waals surface area contributed by atoms with Gasteiger partial charge in [0.15, 0.2) is 5.82 Å². The van der Waals surface area contributed by atoms with Gasteiger partial charge < -0.3 is 15.0 Å². The van der Waals surface area contributed by atoms with Crippen molar-refractivity contribution < 1.29 is 9.53 Å². The number of anilines is 1. The fourth-order valence-electron chi connectivity index (χ4n) is 5.03. The molecular formula is C28H33N5O2. The smallest absolute Gasteiger partial charge is 0.337 e. The summed E-state index contributed by atoms with van der Waals surface area (Å²) in [6.07, 6.45) is 5.62. The number of rotatable bonds is 8. The minimum absolute atomic E-state index is 0.381. The van der Waals surface area contributed by atoms with Gasteiger partial charge in [-0.15, -0.1) is 0 Å². The predicted molar refractivity (Wildman–Crippen MR) is 139 cm³/mol. The summed E-state index contributed by atoms with van der Waals surface area (Å²) in [6.45, 7) is 6.31. The van der Waals surface area contributed by atoms with E-state index in [-0.39, 0.29) is 0 Å². The first-order valence-corrected chi connectivity index (χ1v) is 12.5. The van der Waals surface area contributed by atoms with Crippen LogP contribution in [0.2, 0.25) is 0 Å². The molecule has 0 atom stereocenters. The fourth-order valence-corrected chi connectivity index (χ4v) is 5.03. The van der Waals surface area contributed by atoms with Gasteiger partial charge in [-0.1, -0.05) is 37.6 Å². The lowest BCUT2D eigenvalue weighted by Crippen LogP contribution is -2.18. The summed E-state index contributed by atoms with van der Waals surface area (Å²) in [7, 11) is 1.38. The van der Waals surface area contributed by atoms with E-state index in [9.17, 15) is 4.79 Å². The summed E-state index contributed by atoms with van der Waals surface area (Å²) < 4.78 is 7.16. The van der Waals surface area contributed by atoms with Gasteiger partial charge >= 0.3 is 5.97 Å². The lowest BCUT2D eigenvalue weighted by molar-refractivity contribution is 0.0601. The molecule has 0 amide bonds. The quantitative estimate of drug-likeness (QED) is 0.366. The molecule has 5 rings (SSSR count). The second-order valence-electron chi connectivity index (χ2n) is 9.44. The lowest BCUT2D eigenvalue weighted by Gasteiger charge is -2.15. The van der Waals surface area contributed by atoms with E-state index in [4.69, 9.17) is 15.5 Å². The van der Waals surface area contributed by atoms with E-state index in [0.29, 0.717) is 23.4 Å². The predicted octanol–water partition coefficient (Wildman–Crippen LogP) is 4.94. The number of esters is 1. The van der Waals surface area contributed by atoms with Crippen LogP contribution in [-0.4, -0.2) is 45.6 Å². The molecule has 182 valence electrons. The average Bonchev–Trinajstić information content (AvgIpc) is 3.51. The van der Waals surface area contributed by atoms with Crippen molar-refractivity contribution in [1.82, 2.24) is 19.4 Å². The highest BCUT2D eigenvalue weighted by molar-refractivity contribution is 6.08. The van der Waals surface area contributed by atoms with Crippen molar-refractivity contribution >= 4 is 33.7 Å². The van der Waals surface area contributed by atoms with Crippen LogP contribution in [0.25, 0.3) is 21.9 Å². The number of fused-ring (bicyclic) bond motifs is 3. The summed E-state index contributed by atoms with van der Waals surface area (Å²) >= 11 is 0. The van der Waals surface area contributed by atoms with Crippen LogP contribution in [0.15, 0.2) is 42.5 Å². The number of nitrogens with two attached hydrogens (primary N) is 1. The van der Waals surface area contributed by atoms with Crippen molar-refractivity contribution in [1.29, 1.82) is 0 Å². The highest BCUT2D eigenvalue weighted by atomic mass is 16.5. The number of ether oxygens (including phenoxy) is 1. The molecule has 1 fully saturated rings. The van der Waals surface area contributed by atoms with Crippen LogP contribution in [0.4, 0.5) is 5.82 Å². The Morgan fingerprint density at radius 2 is 1.74 bits per heavy atom. The number of unbranched alkanes of at least 4 members (excludes halogenated alkanes) is 1. The minimum atomic E-state index is -0.390. The number of likely N-dealkylation sites (tertiary alicyclic amines) is 1. The first-order chi connectivity index (χ1) is 17.1. The molecule has 4 aromatic rings. The van der Waals surface area contributed by atoms with Crippen molar-refractivity contribution in [3.63, 3.8) is 0 Å². The summed E-state index contributed by atoms with van der Waals surface area (Å²) in [5.74, 6) is 1.01. The zero-order chi connectivity index (χ0) is 24.4. The molecule has 1 aliphatic heterocycles. The second kappa shape index (κ2) is 10.0. The van der Waals surface area contributed by atoms with Gasteiger partial charge in [0.25, 0.3) is 0 Å². The molecule has 0 radical (unpaired) electrons. The Morgan fingerprint density at radius 1 is 1.03 bits per heavy atom. The number of nitrogen functional groups attached to an aromatic ring is 1. The summed E-state index contributed by atoms with van der Waals surface area (Å²) in [6, 6.07) is 14.4. The zero-order valence-electron chi connectivity index (χ0n) is 20.6. The maximum absolute atomic E-state index is 12.1. The molecular weight excluding hydrogens is 438 g/mol. The minimum Gasteiger partial charge on any atom is -0.465 e. The first kappa shape index (κ1) is 23.3. The van der Waals surface area contributed by atoms with Gasteiger partial charge in [-0.05, 0) is 61.7 Å². The zero-order valence-corrected chi connectivity index (χ0v) is 20.6. The number of aryl methyl sites for hydroxylation is 1. The van der Waals surface area contributed by atoms with Crippen molar-refractivity contribution in [3.8, 4) is 0 Å². The molecule has 0 unspecified atom stereocenters. The number of nitrogens with zero attached hydrogens (tertiary/aromatic N) is 4. The highest BCUT2D eigenvalue weighted by Crippen LogP contribution is 2.31. The monoisotopic (exact) mass is 471 g/mol. The molecule has 0 bridgehead atoms. The van der Waals surface area contributed by atoms with Gasteiger partial charge in [-0.2, -0.15) is 0 Å². The topological polar surface area (TPSA) is 86.3 Å². The number of methoxy groups -OCH3 is 1. The number of benzene rings is 2. The fraction of sp³-hybridized carbons (Fsp3) is 0.393. The summed E-state index contributed by atoms with van der Waals surface area (Å²) in [4.78, 5) is 24.1. The Kier molecular flexibility index (Phi) is 6.68. The van der Waals surface area contributed by atoms with Gasteiger partial charge in [0.2, 0.25) is 0 Å². The molecule has 1 aliphatic rings. The SMILES string of the molecule is CCCCc1nc2c(N)nc3cc(C(=O)OC)ccc3c2n1Cc1ccc(CN2CCCC2)cc1. The maximum Gasteiger partial charge on any atom is 0.337 e. The molecule has 0 spiro atoms. The molecule has 2 aromatic heterocycles. The third kappa shape index (κ3) is 4.73. The second-order valence-corrected chi connectivity index (χ2v) is 9.44. The Bertz CT molecular complexity index is 1350. The Morgan fingerprint density at radius 3 is 2.43 bits per heavy atom. The van der Waals surface area contributed by atoms with Gasteiger partial charge in [-0.3, -0.25) is 4.90 Å². The van der Waals surface area contributed by atoms with Crippen molar-refractivity contribution in [3.05, 3.63) is 65.0 Å².